The van der Waals surface area contributed by atoms with Crippen LogP contribution in [0.15, 0.2) is 54.6 Å². The molecule has 0 saturated heterocycles. The summed E-state index contributed by atoms with van der Waals surface area (Å²) in [5.41, 5.74) is 0.457. The van der Waals surface area contributed by atoms with Gasteiger partial charge in [0.2, 0.25) is 10.0 Å². The van der Waals surface area contributed by atoms with Crippen molar-refractivity contribution in [2.24, 2.45) is 0 Å². The van der Waals surface area contributed by atoms with E-state index in [1.54, 1.807) is 0 Å². The molecule has 1 heterocycles. The second-order valence-electron chi connectivity index (χ2n) is 7.21. The number of rotatable bonds is 7. The van der Waals surface area contributed by atoms with Crippen LogP contribution in [0.4, 0.5) is 0 Å². The maximum Gasteiger partial charge on any atom is 0.325 e. The minimum Gasteiger partial charge on any atom is -0.490 e. The average Bonchev–Trinajstić information content (AvgIpc) is 3.21. The molecule has 3 atom stereocenters. The maximum atomic E-state index is 12.6. The molecule has 1 aliphatic heterocycles. The predicted octanol–water partition coefficient (Wildman–Crippen LogP) is 2.31. The number of aliphatic carboxylic acids is 1. The minimum atomic E-state index is -3.75. The number of carboxylic acid groups (broad SMARTS) is 1. The fourth-order valence-electron chi connectivity index (χ4n) is 3.77. The van der Waals surface area contributed by atoms with Crippen LogP contribution in [0.2, 0.25) is 0 Å². The number of hydrogen-bond donors (Lipinski definition) is 2. The molecule has 1 saturated carbocycles. The van der Waals surface area contributed by atoms with Crippen LogP contribution in [0.1, 0.15) is 29.9 Å². The van der Waals surface area contributed by atoms with E-state index in [0.29, 0.717) is 12.8 Å². The van der Waals surface area contributed by atoms with Gasteiger partial charge in [-0.1, -0.05) is 48.5 Å². The van der Waals surface area contributed by atoms with Gasteiger partial charge < -0.3 is 9.84 Å². The van der Waals surface area contributed by atoms with Gasteiger partial charge in [0.15, 0.2) is 0 Å². The second-order valence-corrected chi connectivity index (χ2v) is 9.05. The molecule has 6 nitrogen and oxygen atoms in total. The van der Waals surface area contributed by atoms with Crippen molar-refractivity contribution in [2.45, 2.75) is 36.8 Å². The molecule has 2 aromatic carbocycles. The molecule has 1 unspecified atom stereocenters. The molecule has 7 heteroatoms. The standard InChI is InChI=1S/C20H21NO5S/c22-19(23)20(13-17(20)14-6-2-1-3-7-14)21-27(24,25)11-10-16-12-15-8-4-5-9-18(15)26-16/h1-9,16-17,21H,10-13H2,(H,22,23)/t16?,17-,20+/m1/s1. The summed E-state index contributed by atoms with van der Waals surface area (Å²) in [4.78, 5) is 11.8. The van der Waals surface area contributed by atoms with E-state index in [-0.39, 0.29) is 24.2 Å². The molecule has 0 amide bonds. The number of carboxylic acids is 1. The van der Waals surface area contributed by atoms with Gasteiger partial charge in [0.05, 0.1) is 5.75 Å². The summed E-state index contributed by atoms with van der Waals surface area (Å²) in [6.45, 7) is 0. The number of carbonyl (C=O) groups is 1. The third-order valence-electron chi connectivity index (χ3n) is 5.30. The van der Waals surface area contributed by atoms with Gasteiger partial charge in [-0.2, -0.15) is 4.72 Å². The summed E-state index contributed by atoms with van der Waals surface area (Å²) < 4.78 is 33.4. The van der Waals surface area contributed by atoms with Crippen LogP contribution in [-0.4, -0.2) is 36.9 Å². The van der Waals surface area contributed by atoms with E-state index in [1.807, 2.05) is 54.6 Å². The molecule has 4 rings (SSSR count). The Morgan fingerprint density at radius 1 is 1.15 bits per heavy atom. The molecule has 2 aliphatic rings. The third-order valence-corrected chi connectivity index (χ3v) is 6.75. The van der Waals surface area contributed by atoms with Gasteiger partial charge in [0, 0.05) is 12.3 Å². The van der Waals surface area contributed by atoms with Gasteiger partial charge in [-0.05, 0) is 30.0 Å². The van der Waals surface area contributed by atoms with Gasteiger partial charge in [0.25, 0.3) is 0 Å². The summed E-state index contributed by atoms with van der Waals surface area (Å²) in [6, 6.07) is 16.8. The molecule has 0 bridgehead atoms. The number of nitrogens with one attached hydrogen (secondary N) is 1. The lowest BCUT2D eigenvalue weighted by molar-refractivity contribution is -0.140. The second kappa shape index (κ2) is 6.65. The van der Waals surface area contributed by atoms with E-state index >= 15 is 0 Å². The Balaban J connectivity index is 1.40. The van der Waals surface area contributed by atoms with Crippen LogP contribution in [0.3, 0.4) is 0 Å². The summed E-state index contributed by atoms with van der Waals surface area (Å²) >= 11 is 0. The Hall–Kier alpha value is -2.38. The maximum absolute atomic E-state index is 12.6. The van der Waals surface area contributed by atoms with Gasteiger partial charge >= 0.3 is 5.97 Å². The Morgan fingerprint density at radius 3 is 2.56 bits per heavy atom. The van der Waals surface area contributed by atoms with Crippen molar-refractivity contribution in [1.82, 2.24) is 4.72 Å². The van der Waals surface area contributed by atoms with Crippen LogP contribution >= 0.6 is 0 Å². The molecule has 27 heavy (non-hydrogen) atoms. The molecule has 142 valence electrons. The average molecular weight is 387 g/mol. The van der Waals surface area contributed by atoms with Gasteiger partial charge in [-0.15, -0.1) is 0 Å². The molecule has 1 fully saturated rings. The number of para-hydroxylation sites is 1. The lowest BCUT2D eigenvalue weighted by atomic mass is 10.1. The lowest BCUT2D eigenvalue weighted by Gasteiger charge is -2.17. The fourth-order valence-corrected chi connectivity index (χ4v) is 5.32. The molecular weight excluding hydrogens is 366 g/mol. The first kappa shape index (κ1) is 18.0. The van der Waals surface area contributed by atoms with E-state index in [4.69, 9.17) is 4.74 Å². The van der Waals surface area contributed by atoms with E-state index in [9.17, 15) is 18.3 Å². The van der Waals surface area contributed by atoms with Crippen molar-refractivity contribution < 1.29 is 23.1 Å². The van der Waals surface area contributed by atoms with Crippen LogP contribution in [0.25, 0.3) is 0 Å². The van der Waals surface area contributed by atoms with Crippen LogP contribution in [-0.2, 0) is 21.2 Å². The molecule has 1 aliphatic carbocycles. The molecule has 0 radical (unpaired) electrons. The summed E-state index contributed by atoms with van der Waals surface area (Å²) in [6.07, 6.45) is 1.04. The topological polar surface area (TPSA) is 92.7 Å². The number of hydrogen-bond acceptors (Lipinski definition) is 4. The van der Waals surface area contributed by atoms with Crippen molar-refractivity contribution >= 4 is 16.0 Å². The zero-order valence-corrected chi connectivity index (χ0v) is 15.5. The zero-order valence-electron chi connectivity index (χ0n) is 14.7. The highest BCUT2D eigenvalue weighted by Gasteiger charge is 2.63. The van der Waals surface area contributed by atoms with Crippen molar-refractivity contribution in [3.63, 3.8) is 0 Å². The Bertz CT molecular complexity index is 934. The predicted molar refractivity (Wildman–Crippen MR) is 100 cm³/mol. The van der Waals surface area contributed by atoms with Crippen molar-refractivity contribution in [1.29, 1.82) is 0 Å². The van der Waals surface area contributed by atoms with Crippen molar-refractivity contribution in [3.8, 4) is 5.75 Å². The van der Waals surface area contributed by atoms with Crippen molar-refractivity contribution in [2.75, 3.05) is 5.75 Å². The third kappa shape index (κ3) is 3.57. The molecule has 2 aromatic rings. The van der Waals surface area contributed by atoms with Crippen LogP contribution in [0, 0.1) is 0 Å². The first-order valence-corrected chi connectivity index (χ1v) is 10.6. The monoisotopic (exact) mass is 387 g/mol. The Labute approximate surface area is 158 Å². The minimum absolute atomic E-state index is 0.164. The first-order chi connectivity index (χ1) is 12.9. The molecular formula is C20H21NO5S. The van der Waals surface area contributed by atoms with Gasteiger partial charge in [0.1, 0.15) is 17.4 Å². The van der Waals surface area contributed by atoms with E-state index in [1.165, 1.54) is 0 Å². The zero-order chi connectivity index (χ0) is 19.1. The van der Waals surface area contributed by atoms with E-state index in [0.717, 1.165) is 16.9 Å². The van der Waals surface area contributed by atoms with Gasteiger partial charge in [-0.3, -0.25) is 4.79 Å². The lowest BCUT2D eigenvalue weighted by Crippen LogP contribution is -2.45. The smallest absolute Gasteiger partial charge is 0.325 e. The largest absolute Gasteiger partial charge is 0.490 e. The summed E-state index contributed by atoms with van der Waals surface area (Å²) in [5.74, 6) is -0.856. The van der Waals surface area contributed by atoms with E-state index in [2.05, 4.69) is 4.72 Å². The van der Waals surface area contributed by atoms with E-state index < -0.39 is 21.5 Å². The highest BCUT2D eigenvalue weighted by Crippen LogP contribution is 2.52. The van der Waals surface area contributed by atoms with Crippen LogP contribution < -0.4 is 9.46 Å². The quantitative estimate of drug-likeness (QED) is 0.761. The van der Waals surface area contributed by atoms with Crippen molar-refractivity contribution in [3.05, 3.63) is 65.7 Å². The SMILES string of the molecule is O=C(O)[C@]1(NS(=O)(=O)CCC2Cc3ccccc3O2)C[C@@H]1c1ccccc1. The fraction of sp³-hybridized carbons (Fsp3) is 0.350. The number of ether oxygens (including phenoxy) is 1. The summed E-state index contributed by atoms with van der Waals surface area (Å²) in [7, 11) is -3.75. The first-order valence-electron chi connectivity index (χ1n) is 8.94. The highest BCUT2D eigenvalue weighted by molar-refractivity contribution is 7.89. The molecule has 0 spiro atoms. The van der Waals surface area contributed by atoms with Gasteiger partial charge in [-0.25, -0.2) is 8.42 Å². The molecule has 2 N–H and O–H groups in total. The molecule has 0 aromatic heterocycles. The Morgan fingerprint density at radius 2 is 1.85 bits per heavy atom. The normalized spacial score (nSPS) is 26.2. The number of fused-ring (bicyclic) bond motifs is 1. The van der Waals surface area contributed by atoms with Crippen LogP contribution in [0.5, 0.6) is 5.75 Å². The number of benzene rings is 2. The summed E-state index contributed by atoms with van der Waals surface area (Å²) in [5, 5.41) is 9.65. The number of sulfonamides is 1. The highest BCUT2D eigenvalue weighted by atomic mass is 32.2. The Kier molecular flexibility index (Phi) is 4.44.